The molecule has 1 saturated heterocycles. The number of ether oxygens (including phenoxy) is 7. The first kappa shape index (κ1) is 32.9. The van der Waals surface area contributed by atoms with Crippen molar-refractivity contribution >= 4 is 17.9 Å². The summed E-state index contributed by atoms with van der Waals surface area (Å²) in [5.74, 6) is -4.31. The van der Waals surface area contributed by atoms with E-state index in [1.807, 2.05) is 0 Å². The third-order valence-corrected chi connectivity index (χ3v) is 12.8. The van der Waals surface area contributed by atoms with E-state index in [-0.39, 0.29) is 18.6 Å². The van der Waals surface area contributed by atoms with Gasteiger partial charge in [0.05, 0.1) is 24.4 Å². The van der Waals surface area contributed by atoms with Crippen molar-refractivity contribution < 1.29 is 57.8 Å². The Balaban J connectivity index is 1.49. The van der Waals surface area contributed by atoms with Gasteiger partial charge in [-0.2, -0.15) is 0 Å². The molecule has 0 unspecified atom stereocenters. The molecule has 13 nitrogen and oxygen atoms in total. The molecule has 3 N–H and O–H groups in total. The van der Waals surface area contributed by atoms with E-state index in [0.29, 0.717) is 13.0 Å². The zero-order valence-electron chi connectivity index (χ0n) is 27.5. The fraction of sp³-hybridized carbons (Fsp3) is 0.735. The predicted octanol–water partition coefficient (Wildman–Crippen LogP) is 0.487. The fourth-order valence-electron chi connectivity index (χ4n) is 12.0. The molecule has 1 spiro atoms. The van der Waals surface area contributed by atoms with E-state index in [1.54, 1.807) is 51.7 Å². The third-order valence-electron chi connectivity index (χ3n) is 12.8. The summed E-state index contributed by atoms with van der Waals surface area (Å²) in [6.45, 7) is 3.24. The minimum atomic E-state index is -1.86. The van der Waals surface area contributed by atoms with E-state index in [2.05, 4.69) is 5.32 Å². The molecule has 258 valence electrons. The second-order valence-electron chi connectivity index (χ2n) is 14.4. The smallest absolute Gasteiger partial charge is 0.338 e. The first-order chi connectivity index (χ1) is 22.4. The lowest BCUT2D eigenvalue weighted by molar-refractivity contribution is -0.311. The van der Waals surface area contributed by atoms with E-state index in [4.69, 9.17) is 33.2 Å². The molecule has 1 aromatic carbocycles. The number of aliphatic hydroxyl groups excluding tert-OH is 1. The summed E-state index contributed by atoms with van der Waals surface area (Å²) in [5.41, 5.74) is -4.94. The van der Waals surface area contributed by atoms with Gasteiger partial charge in [-0.15, -0.1) is 0 Å². The lowest BCUT2D eigenvalue weighted by Gasteiger charge is -2.68. The normalized spacial score (nSPS) is 48.5. The summed E-state index contributed by atoms with van der Waals surface area (Å²) in [6, 6.07) is 8.01. The van der Waals surface area contributed by atoms with Crippen molar-refractivity contribution in [2.24, 2.45) is 34.5 Å². The molecule has 6 fully saturated rings. The molecule has 47 heavy (non-hydrogen) atoms. The van der Waals surface area contributed by atoms with Gasteiger partial charge in [-0.05, 0) is 24.5 Å². The van der Waals surface area contributed by atoms with Crippen LogP contribution in [0.1, 0.15) is 37.0 Å². The maximum Gasteiger partial charge on any atom is 0.338 e. The Morgan fingerprint density at radius 3 is 2.23 bits per heavy atom. The molecule has 13 heteroatoms. The molecular weight excluding hydrogens is 614 g/mol. The van der Waals surface area contributed by atoms with Crippen LogP contribution in [-0.4, -0.2) is 124 Å². The van der Waals surface area contributed by atoms with Crippen molar-refractivity contribution in [3.8, 4) is 0 Å². The summed E-state index contributed by atoms with van der Waals surface area (Å²) < 4.78 is 43.3. The second kappa shape index (κ2) is 11.2. The predicted molar refractivity (Wildman–Crippen MR) is 161 cm³/mol. The number of fused-ring (bicyclic) bond motifs is 2. The van der Waals surface area contributed by atoms with E-state index in [9.17, 15) is 24.6 Å². The van der Waals surface area contributed by atoms with Crippen LogP contribution >= 0.6 is 0 Å². The number of hydrogen-bond donors (Lipinski definition) is 3. The van der Waals surface area contributed by atoms with Gasteiger partial charge < -0.3 is 48.7 Å². The number of aliphatic hydroxyl groups is 2. The fourth-order valence-corrected chi connectivity index (χ4v) is 12.0. The molecule has 0 amide bonds. The Kier molecular flexibility index (Phi) is 7.83. The molecule has 6 aliphatic rings. The maximum atomic E-state index is 13.7. The number of esters is 3. The minimum Gasteiger partial charge on any atom is -0.462 e. The lowest BCUT2D eigenvalue weighted by atomic mass is 9.43. The standard InChI is InChI=1S/C34H45NO12/c1-16(36)45-20-12-21(42-4)33-19-13-32(40)28(46-30(39)18-10-8-7-9-11-18)22(19)34(47-17(2)37,27(38)29(32)44-6)23-24(43-5)25(33)31(20,15-41-3)14-35-26(23)33/h7-11,19-29,35,38,40H,12-15H2,1-6H3/t19-,20-,21+,22-,23+,24+,25-,26-,27+,28-,29+,31+,32-,33+,34-/m1/s1. The number of methoxy groups -OCH3 is 4. The number of hydrogen-bond acceptors (Lipinski definition) is 13. The molecule has 15 atom stereocenters. The number of piperidine rings is 1. The average molecular weight is 660 g/mol. The molecular formula is C34H45NO12. The van der Waals surface area contributed by atoms with Gasteiger partial charge in [0.15, 0.2) is 5.60 Å². The van der Waals surface area contributed by atoms with Crippen molar-refractivity contribution in [1.82, 2.24) is 5.32 Å². The SMILES string of the molecule is COC[C@]12CN[C@@H]3[C@@H]4[C@H](OC)[C@H]1[C@@]3([C@@H](OC)C[C@H]2OC(C)=O)[C@@H]1C[C@@]2(O)[C@H](OC(=O)c3ccccc3)[C@@H]1[C@]4(OC(C)=O)[C@@H](O)[C@@H]2OC. The van der Waals surface area contributed by atoms with Gasteiger partial charge in [-0.1, -0.05) is 18.2 Å². The number of benzene rings is 1. The highest BCUT2D eigenvalue weighted by molar-refractivity contribution is 5.89. The van der Waals surface area contributed by atoms with Crippen LogP contribution in [0.15, 0.2) is 30.3 Å². The van der Waals surface area contributed by atoms with E-state index < -0.39 is 106 Å². The van der Waals surface area contributed by atoms with Crippen LogP contribution in [0.5, 0.6) is 0 Å². The molecule has 1 aliphatic heterocycles. The van der Waals surface area contributed by atoms with Gasteiger partial charge in [-0.3, -0.25) is 9.59 Å². The number of carbonyl (C=O) groups excluding carboxylic acids is 3. The Hall–Kier alpha value is -2.65. The topological polar surface area (TPSA) is 168 Å². The van der Waals surface area contributed by atoms with Gasteiger partial charge in [-0.25, -0.2) is 4.79 Å². The maximum absolute atomic E-state index is 13.7. The van der Waals surface area contributed by atoms with E-state index in [0.717, 1.165) is 0 Å². The Bertz CT molecular complexity index is 1430. The molecule has 1 aromatic rings. The van der Waals surface area contributed by atoms with Gasteiger partial charge in [0.2, 0.25) is 0 Å². The van der Waals surface area contributed by atoms with Crippen LogP contribution in [0.2, 0.25) is 0 Å². The molecule has 7 bridgehead atoms. The summed E-state index contributed by atoms with van der Waals surface area (Å²) >= 11 is 0. The molecule has 7 rings (SSSR count). The monoisotopic (exact) mass is 659 g/mol. The van der Waals surface area contributed by atoms with Crippen LogP contribution in [0.4, 0.5) is 0 Å². The van der Waals surface area contributed by atoms with Gasteiger partial charge in [0, 0.05) is 89.9 Å². The van der Waals surface area contributed by atoms with Crippen LogP contribution in [0, 0.1) is 34.5 Å². The largest absolute Gasteiger partial charge is 0.462 e. The summed E-state index contributed by atoms with van der Waals surface area (Å²) in [5, 5.41) is 28.9. The minimum absolute atomic E-state index is 0.0436. The Labute approximate surface area is 273 Å². The highest BCUT2D eigenvalue weighted by Gasteiger charge is 2.91. The van der Waals surface area contributed by atoms with E-state index >= 15 is 0 Å². The Morgan fingerprint density at radius 2 is 1.64 bits per heavy atom. The quantitative estimate of drug-likeness (QED) is 0.248. The van der Waals surface area contributed by atoms with Crippen molar-refractivity contribution in [2.75, 3.05) is 41.6 Å². The average Bonchev–Trinajstić information content (AvgIpc) is 3.39. The highest BCUT2D eigenvalue weighted by atomic mass is 16.6. The van der Waals surface area contributed by atoms with Gasteiger partial charge in [0.1, 0.15) is 30.0 Å². The second-order valence-corrected chi connectivity index (χ2v) is 14.4. The highest BCUT2D eigenvalue weighted by Crippen LogP contribution is 2.79. The first-order valence-corrected chi connectivity index (χ1v) is 16.3. The lowest BCUT2D eigenvalue weighted by Crippen LogP contribution is -2.81. The summed E-state index contributed by atoms with van der Waals surface area (Å²) in [7, 11) is 6.17. The number of nitrogens with one attached hydrogen (secondary N) is 1. The van der Waals surface area contributed by atoms with Crippen LogP contribution < -0.4 is 5.32 Å². The summed E-state index contributed by atoms with van der Waals surface area (Å²) in [6.07, 6.45) is -5.49. The van der Waals surface area contributed by atoms with Crippen molar-refractivity contribution in [3.05, 3.63) is 35.9 Å². The van der Waals surface area contributed by atoms with Crippen LogP contribution in [-0.2, 0) is 42.7 Å². The zero-order valence-corrected chi connectivity index (χ0v) is 27.5. The molecule has 0 radical (unpaired) electrons. The third kappa shape index (κ3) is 3.93. The van der Waals surface area contributed by atoms with E-state index in [1.165, 1.54) is 21.0 Å². The van der Waals surface area contributed by atoms with Crippen LogP contribution in [0.25, 0.3) is 0 Å². The molecule has 0 aromatic heterocycles. The zero-order chi connectivity index (χ0) is 33.7. The van der Waals surface area contributed by atoms with Crippen molar-refractivity contribution in [3.63, 3.8) is 0 Å². The number of rotatable bonds is 9. The summed E-state index contributed by atoms with van der Waals surface area (Å²) in [4.78, 5) is 39.5. The number of carbonyl (C=O) groups is 3. The van der Waals surface area contributed by atoms with Gasteiger partial charge in [0.25, 0.3) is 0 Å². The van der Waals surface area contributed by atoms with Crippen molar-refractivity contribution in [1.29, 1.82) is 0 Å². The molecule has 5 saturated carbocycles. The Morgan fingerprint density at radius 1 is 0.915 bits per heavy atom. The molecule has 1 heterocycles. The molecule has 5 aliphatic carbocycles. The first-order valence-electron chi connectivity index (χ1n) is 16.3. The van der Waals surface area contributed by atoms with Crippen LogP contribution in [0.3, 0.4) is 0 Å². The van der Waals surface area contributed by atoms with Crippen molar-refractivity contribution in [2.45, 2.75) is 80.6 Å². The van der Waals surface area contributed by atoms with Gasteiger partial charge >= 0.3 is 17.9 Å².